The molecule has 4 nitrogen and oxygen atoms in total. The van der Waals surface area contributed by atoms with Crippen molar-refractivity contribution < 1.29 is 18.0 Å². The molecular weight excluding hydrogens is 264 g/mol. The van der Waals surface area contributed by atoms with E-state index in [2.05, 4.69) is 0 Å². The van der Waals surface area contributed by atoms with Gasteiger partial charge in [-0.3, -0.25) is 0 Å². The first-order valence-corrected chi connectivity index (χ1v) is 7.81. The molecule has 2 fully saturated rings. The van der Waals surface area contributed by atoms with Crippen LogP contribution in [0.15, 0.2) is 48.6 Å². The maximum atomic E-state index is 12.0. The topological polar surface area (TPSA) is 52.6 Å². The molecule has 2 heterocycles. The fraction of sp³-hybridized carbons (Fsp3) is 0.286. The van der Waals surface area contributed by atoms with Crippen molar-refractivity contribution in [1.29, 1.82) is 0 Å². The highest BCUT2D eigenvalue weighted by Crippen LogP contribution is 2.72. The minimum atomic E-state index is -2.20. The van der Waals surface area contributed by atoms with Crippen LogP contribution in [0, 0.1) is 11.8 Å². The van der Waals surface area contributed by atoms with E-state index in [1.54, 1.807) is 0 Å². The molecule has 0 aromatic rings. The van der Waals surface area contributed by atoms with Crippen LogP contribution in [0.3, 0.4) is 0 Å². The van der Waals surface area contributed by atoms with Crippen LogP contribution < -0.4 is 0 Å². The van der Waals surface area contributed by atoms with E-state index in [0.29, 0.717) is 0 Å². The van der Waals surface area contributed by atoms with Crippen molar-refractivity contribution in [1.82, 2.24) is 0 Å². The number of rotatable bonds is 0. The monoisotopic (exact) mass is 276 g/mol. The summed E-state index contributed by atoms with van der Waals surface area (Å²) in [5.41, 5.74) is 0. The maximum absolute atomic E-state index is 12.0. The lowest BCUT2D eigenvalue weighted by molar-refractivity contribution is -0.135. The van der Waals surface area contributed by atoms with Crippen LogP contribution in [0.1, 0.15) is 0 Å². The average Bonchev–Trinajstić information content (AvgIpc) is 2.88. The van der Waals surface area contributed by atoms with E-state index >= 15 is 0 Å². The summed E-state index contributed by atoms with van der Waals surface area (Å²) < 4.78 is 11.2. The van der Waals surface area contributed by atoms with Gasteiger partial charge in [0.2, 0.25) is 0 Å². The second kappa shape index (κ2) is 3.63. The molecule has 4 rings (SSSR count). The number of fused-ring (bicyclic) bond motifs is 4. The smallest absolute Gasteiger partial charge is 0.338 e. The first-order valence-electron chi connectivity index (χ1n) is 6.20. The lowest BCUT2D eigenvalue weighted by atomic mass is 10.0. The minimum Gasteiger partial charge on any atom is -0.342 e. The molecule has 0 aromatic carbocycles. The van der Waals surface area contributed by atoms with Crippen LogP contribution in [0.5, 0.6) is 0 Å². The first-order chi connectivity index (χ1) is 9.22. The van der Waals surface area contributed by atoms with Gasteiger partial charge >= 0.3 is 11.9 Å². The third-order valence-electron chi connectivity index (χ3n) is 3.90. The zero-order valence-electron chi connectivity index (χ0n) is 9.97. The van der Waals surface area contributed by atoms with Crippen molar-refractivity contribution in [2.45, 2.75) is 10.5 Å². The first kappa shape index (κ1) is 11.1. The third-order valence-corrected chi connectivity index (χ3v) is 7.16. The summed E-state index contributed by atoms with van der Waals surface area (Å²) >= 11 is 0. The summed E-state index contributed by atoms with van der Waals surface area (Å²) in [6.45, 7) is 0. The molecule has 0 bridgehead atoms. The maximum Gasteiger partial charge on any atom is 0.338 e. The van der Waals surface area contributed by atoms with Crippen LogP contribution in [-0.4, -0.2) is 22.4 Å². The van der Waals surface area contributed by atoms with E-state index < -0.39 is 10.6 Å². The summed E-state index contributed by atoms with van der Waals surface area (Å²) in [5, 5.41) is -0.305. The van der Waals surface area contributed by atoms with E-state index in [-0.39, 0.29) is 34.3 Å². The molecule has 4 atom stereocenters. The van der Waals surface area contributed by atoms with E-state index in [9.17, 15) is 9.59 Å². The van der Waals surface area contributed by atoms with Crippen molar-refractivity contribution in [3.05, 3.63) is 48.6 Å². The average molecular weight is 276 g/mol. The van der Waals surface area contributed by atoms with Gasteiger partial charge < -0.3 is 8.37 Å². The molecule has 0 aromatic heterocycles. The molecule has 0 amide bonds. The van der Waals surface area contributed by atoms with Gasteiger partial charge in [-0.05, 0) is 0 Å². The molecule has 5 heteroatoms. The van der Waals surface area contributed by atoms with Crippen LogP contribution in [0.2, 0.25) is 0 Å². The lowest BCUT2D eigenvalue weighted by Gasteiger charge is -2.41. The Bertz CT molecular complexity index is 534. The number of hydrogen-bond donors (Lipinski definition) is 0. The van der Waals surface area contributed by atoms with Gasteiger partial charge in [0.15, 0.2) is 0 Å². The SMILES string of the molecule is O=C1OS2(OC(=O)C3C=CC=CC32)C2C=CC=CC12. The highest BCUT2D eigenvalue weighted by molar-refractivity contribution is 8.28. The van der Waals surface area contributed by atoms with Gasteiger partial charge in [-0.1, -0.05) is 59.2 Å². The van der Waals surface area contributed by atoms with Gasteiger partial charge in [0, 0.05) is 0 Å². The van der Waals surface area contributed by atoms with Crippen molar-refractivity contribution in [2.24, 2.45) is 11.8 Å². The molecule has 1 spiro atoms. The number of hydrogen-bond acceptors (Lipinski definition) is 4. The Balaban J connectivity index is 1.82. The van der Waals surface area contributed by atoms with Gasteiger partial charge in [-0.2, -0.15) is 0 Å². The van der Waals surface area contributed by atoms with Gasteiger partial charge in [0.1, 0.15) is 22.3 Å². The number of allylic oxidation sites excluding steroid dienone is 4. The van der Waals surface area contributed by atoms with Crippen LogP contribution in [-0.2, 0) is 18.0 Å². The quantitative estimate of drug-likeness (QED) is 0.678. The third kappa shape index (κ3) is 1.31. The Hall–Kier alpha value is -1.75. The molecule has 4 unspecified atom stereocenters. The summed E-state index contributed by atoms with van der Waals surface area (Å²) in [4.78, 5) is 24.1. The molecule has 4 aliphatic rings. The Morgan fingerprint density at radius 1 is 0.737 bits per heavy atom. The van der Waals surface area contributed by atoms with Gasteiger partial charge in [-0.25, -0.2) is 9.59 Å². The number of carbonyl (C=O) groups is 2. The Morgan fingerprint density at radius 3 is 1.63 bits per heavy atom. The lowest BCUT2D eigenvalue weighted by Crippen LogP contribution is -2.26. The minimum absolute atomic E-state index is 0.153. The van der Waals surface area contributed by atoms with E-state index in [0.717, 1.165) is 0 Å². The van der Waals surface area contributed by atoms with Crippen LogP contribution in [0.25, 0.3) is 0 Å². The molecule has 98 valence electrons. The highest BCUT2D eigenvalue weighted by Gasteiger charge is 2.61. The Morgan fingerprint density at radius 2 is 1.16 bits per heavy atom. The molecule has 19 heavy (non-hydrogen) atoms. The Labute approximate surface area is 112 Å². The zero-order chi connectivity index (χ0) is 13.0. The van der Waals surface area contributed by atoms with E-state index in [4.69, 9.17) is 8.37 Å². The normalized spacial score (nSPS) is 48.6. The fourth-order valence-corrected chi connectivity index (χ4v) is 6.43. The molecule has 0 radical (unpaired) electrons. The highest BCUT2D eigenvalue weighted by atomic mass is 32.3. The zero-order valence-corrected chi connectivity index (χ0v) is 10.8. The van der Waals surface area contributed by atoms with Crippen molar-refractivity contribution >= 4 is 22.5 Å². The molecule has 0 N–H and O–H groups in total. The van der Waals surface area contributed by atoms with Crippen LogP contribution in [0.4, 0.5) is 0 Å². The van der Waals surface area contributed by atoms with Crippen molar-refractivity contribution in [3.8, 4) is 0 Å². The van der Waals surface area contributed by atoms with Crippen molar-refractivity contribution in [3.63, 3.8) is 0 Å². The van der Waals surface area contributed by atoms with E-state index in [1.165, 1.54) is 0 Å². The second-order valence-corrected chi connectivity index (χ2v) is 7.51. The van der Waals surface area contributed by atoms with Crippen molar-refractivity contribution in [2.75, 3.05) is 0 Å². The largest absolute Gasteiger partial charge is 0.342 e. The molecule has 2 aliphatic carbocycles. The molecule has 2 saturated heterocycles. The molecular formula is C14H12O4S. The van der Waals surface area contributed by atoms with E-state index in [1.807, 2.05) is 48.6 Å². The summed E-state index contributed by atoms with van der Waals surface area (Å²) in [7, 11) is -2.20. The molecule has 2 aliphatic heterocycles. The molecule has 0 saturated carbocycles. The number of carbonyl (C=O) groups excluding carboxylic acids is 2. The van der Waals surface area contributed by atoms with Gasteiger partial charge in [0.25, 0.3) is 0 Å². The van der Waals surface area contributed by atoms with Gasteiger partial charge in [0.05, 0.1) is 0 Å². The second-order valence-electron chi connectivity index (χ2n) is 4.91. The summed E-state index contributed by atoms with van der Waals surface area (Å²) in [6.07, 6.45) is 15.0. The predicted octanol–water partition coefficient (Wildman–Crippen LogP) is 1.96. The summed E-state index contributed by atoms with van der Waals surface area (Å²) in [5.74, 6) is -1.19. The Kier molecular flexibility index (Phi) is 2.12. The predicted molar refractivity (Wildman–Crippen MR) is 70.9 cm³/mol. The summed E-state index contributed by atoms with van der Waals surface area (Å²) in [6, 6.07) is 0. The standard InChI is InChI=1S/C14H12O4S/c15-13-9-5-1-3-7-11(9)19(17-13)12-8-4-2-6-10(12)14(16)18-19/h1-12H. The van der Waals surface area contributed by atoms with Gasteiger partial charge in [-0.15, -0.1) is 0 Å². The fourth-order valence-electron chi connectivity index (χ4n) is 3.02. The van der Waals surface area contributed by atoms with Crippen LogP contribution >= 0.6 is 10.6 Å².